The largest absolute Gasteiger partial charge is 0.492 e. The van der Waals surface area contributed by atoms with E-state index in [0.717, 1.165) is 17.1 Å². The first-order valence-electron chi connectivity index (χ1n) is 7.46. The van der Waals surface area contributed by atoms with Gasteiger partial charge in [-0.25, -0.2) is 4.79 Å². The Morgan fingerprint density at radius 3 is 2.52 bits per heavy atom. The lowest BCUT2D eigenvalue weighted by atomic mass is 10.1. The molecule has 122 valence electrons. The van der Waals surface area contributed by atoms with Crippen molar-refractivity contribution in [2.75, 3.05) is 13.2 Å². The second-order valence-electron chi connectivity index (χ2n) is 6.16. The molecule has 0 aromatic heterocycles. The Bertz CT molecular complexity index is 704. The third kappa shape index (κ3) is 5.29. The van der Waals surface area contributed by atoms with Crippen molar-refractivity contribution in [1.82, 2.24) is 5.32 Å². The van der Waals surface area contributed by atoms with Gasteiger partial charge in [-0.15, -0.1) is 0 Å². The highest BCUT2D eigenvalue weighted by Crippen LogP contribution is 2.21. The van der Waals surface area contributed by atoms with E-state index in [-0.39, 0.29) is 0 Å². The van der Waals surface area contributed by atoms with E-state index in [1.807, 2.05) is 51.1 Å². The topological polar surface area (TPSA) is 64.6 Å². The molecule has 5 heteroatoms. The van der Waals surface area contributed by atoms with Crippen LogP contribution >= 0.6 is 0 Å². The third-order valence-corrected chi connectivity index (χ3v) is 3.01. The van der Waals surface area contributed by atoms with Crippen LogP contribution in [-0.4, -0.2) is 31.1 Å². The first kappa shape index (κ1) is 16.8. The highest BCUT2D eigenvalue weighted by atomic mass is 16.6. The average Bonchev–Trinajstić information content (AvgIpc) is 2.49. The van der Waals surface area contributed by atoms with Crippen LogP contribution in [0.3, 0.4) is 0 Å². The lowest BCUT2D eigenvalue weighted by Crippen LogP contribution is -2.34. The number of carbonyl (C=O) groups excluding carboxylic acids is 2. The Kier molecular flexibility index (Phi) is 5.21. The van der Waals surface area contributed by atoms with Crippen LogP contribution in [0.25, 0.3) is 10.8 Å². The lowest BCUT2D eigenvalue weighted by molar-refractivity contribution is 0.0520. The number of nitrogens with one attached hydrogen (secondary N) is 1. The van der Waals surface area contributed by atoms with Crippen molar-refractivity contribution in [2.24, 2.45) is 0 Å². The molecule has 1 amide bonds. The fourth-order valence-corrected chi connectivity index (χ4v) is 2.04. The molecule has 0 spiro atoms. The maximum atomic E-state index is 11.5. The van der Waals surface area contributed by atoms with Gasteiger partial charge in [-0.1, -0.05) is 18.2 Å². The van der Waals surface area contributed by atoms with Crippen LogP contribution in [0.15, 0.2) is 36.4 Å². The first-order chi connectivity index (χ1) is 10.9. The average molecular weight is 315 g/mol. The Morgan fingerprint density at radius 1 is 1.13 bits per heavy atom. The van der Waals surface area contributed by atoms with Gasteiger partial charge in [0.05, 0.1) is 6.54 Å². The molecule has 0 fully saturated rings. The van der Waals surface area contributed by atoms with Gasteiger partial charge in [-0.2, -0.15) is 0 Å². The highest BCUT2D eigenvalue weighted by Gasteiger charge is 2.15. The minimum Gasteiger partial charge on any atom is -0.492 e. The van der Waals surface area contributed by atoms with Gasteiger partial charge in [0.1, 0.15) is 24.2 Å². The molecule has 2 rings (SSSR count). The zero-order valence-corrected chi connectivity index (χ0v) is 13.6. The molecule has 0 radical (unpaired) electrons. The van der Waals surface area contributed by atoms with E-state index in [1.54, 1.807) is 6.07 Å². The molecule has 5 nitrogen and oxygen atoms in total. The minimum atomic E-state index is -0.510. The zero-order chi connectivity index (χ0) is 16.9. The summed E-state index contributed by atoms with van der Waals surface area (Å²) in [6, 6.07) is 11.1. The van der Waals surface area contributed by atoms with Crippen molar-refractivity contribution >= 4 is 23.2 Å². The number of fused-ring (bicyclic) bond motifs is 1. The zero-order valence-electron chi connectivity index (χ0n) is 13.6. The Labute approximate surface area is 135 Å². The number of benzene rings is 2. The molecule has 0 unspecified atom stereocenters. The van der Waals surface area contributed by atoms with Gasteiger partial charge in [0.2, 0.25) is 0 Å². The summed E-state index contributed by atoms with van der Waals surface area (Å²) in [5, 5.41) is 4.61. The van der Waals surface area contributed by atoms with Crippen molar-refractivity contribution in [3.63, 3.8) is 0 Å². The monoisotopic (exact) mass is 315 g/mol. The quantitative estimate of drug-likeness (QED) is 0.677. The molecule has 0 saturated heterocycles. The van der Waals surface area contributed by atoms with E-state index in [9.17, 15) is 9.59 Å². The van der Waals surface area contributed by atoms with E-state index in [2.05, 4.69) is 5.32 Å². The van der Waals surface area contributed by atoms with Crippen molar-refractivity contribution in [1.29, 1.82) is 0 Å². The molecule has 0 saturated carbocycles. The van der Waals surface area contributed by atoms with Crippen molar-refractivity contribution in [2.45, 2.75) is 26.4 Å². The minimum absolute atomic E-state index is 0.344. The molecule has 1 N–H and O–H groups in total. The van der Waals surface area contributed by atoms with Gasteiger partial charge >= 0.3 is 6.09 Å². The van der Waals surface area contributed by atoms with Crippen molar-refractivity contribution in [3.05, 3.63) is 42.0 Å². The second-order valence-corrected chi connectivity index (χ2v) is 6.16. The third-order valence-electron chi connectivity index (χ3n) is 3.01. The summed E-state index contributed by atoms with van der Waals surface area (Å²) < 4.78 is 10.7. The summed E-state index contributed by atoms with van der Waals surface area (Å²) in [5.74, 6) is 0.711. The number of rotatable bonds is 5. The smallest absolute Gasteiger partial charge is 0.407 e. The van der Waals surface area contributed by atoms with Crippen LogP contribution in [0, 0.1) is 0 Å². The predicted molar refractivity (Wildman–Crippen MR) is 89.1 cm³/mol. The second kappa shape index (κ2) is 7.13. The molecule has 0 aliphatic heterocycles. The number of amides is 1. The van der Waals surface area contributed by atoms with E-state index in [1.165, 1.54) is 0 Å². The molecule has 0 aliphatic carbocycles. The number of hydrogen-bond donors (Lipinski definition) is 1. The Balaban J connectivity index is 1.85. The molecule has 2 aromatic carbocycles. The number of carbonyl (C=O) groups is 2. The van der Waals surface area contributed by atoms with Gasteiger partial charge in [-0.3, -0.25) is 4.79 Å². The Hall–Kier alpha value is -2.56. The highest BCUT2D eigenvalue weighted by molar-refractivity contribution is 5.89. The predicted octanol–water partition coefficient (Wildman–Crippen LogP) is 3.56. The number of aldehydes is 1. The SMILES string of the molecule is CC(C)(C)OC(=O)NCCOc1ccc2cc(C=O)ccc2c1. The summed E-state index contributed by atoms with van der Waals surface area (Å²) in [7, 11) is 0. The standard InChI is InChI=1S/C18H21NO4/c1-18(2,3)23-17(21)19-8-9-22-16-7-6-14-10-13(12-20)4-5-15(14)11-16/h4-7,10-12H,8-9H2,1-3H3,(H,19,21). The van der Waals surface area contributed by atoms with Crippen LogP contribution in [0.1, 0.15) is 31.1 Å². The van der Waals surface area contributed by atoms with Gasteiger partial charge in [0.25, 0.3) is 0 Å². The van der Waals surface area contributed by atoms with Crippen LogP contribution in [-0.2, 0) is 4.74 Å². The summed E-state index contributed by atoms with van der Waals surface area (Å²) >= 11 is 0. The number of alkyl carbamates (subject to hydrolysis) is 1. The molecule has 0 bridgehead atoms. The summed E-state index contributed by atoms with van der Waals surface area (Å²) in [4.78, 5) is 22.3. The van der Waals surface area contributed by atoms with Crippen LogP contribution in [0.5, 0.6) is 5.75 Å². The number of ether oxygens (including phenoxy) is 2. The Morgan fingerprint density at radius 2 is 1.83 bits per heavy atom. The van der Waals surface area contributed by atoms with E-state index in [4.69, 9.17) is 9.47 Å². The molecule has 0 atom stereocenters. The van der Waals surface area contributed by atoms with Gasteiger partial charge < -0.3 is 14.8 Å². The van der Waals surface area contributed by atoms with Gasteiger partial charge in [0.15, 0.2) is 0 Å². The maximum absolute atomic E-state index is 11.5. The van der Waals surface area contributed by atoms with E-state index < -0.39 is 11.7 Å². The lowest BCUT2D eigenvalue weighted by Gasteiger charge is -2.19. The summed E-state index contributed by atoms with van der Waals surface area (Å²) in [5.41, 5.74) is 0.136. The fraction of sp³-hybridized carbons (Fsp3) is 0.333. The van der Waals surface area contributed by atoms with Crippen molar-refractivity contribution in [3.8, 4) is 5.75 Å². The molecule has 23 heavy (non-hydrogen) atoms. The molecule has 0 heterocycles. The molecular formula is C18H21NO4. The fourth-order valence-electron chi connectivity index (χ4n) is 2.04. The summed E-state index contributed by atoms with van der Waals surface area (Å²) in [6.45, 7) is 6.14. The normalized spacial score (nSPS) is 11.1. The maximum Gasteiger partial charge on any atom is 0.407 e. The van der Waals surface area contributed by atoms with Crippen LogP contribution in [0.2, 0.25) is 0 Å². The summed E-state index contributed by atoms with van der Waals surface area (Å²) in [6.07, 6.45) is 0.368. The van der Waals surface area contributed by atoms with Crippen molar-refractivity contribution < 1.29 is 19.1 Å². The van der Waals surface area contributed by atoms with Gasteiger partial charge in [0, 0.05) is 5.56 Å². The molecule has 0 aliphatic rings. The van der Waals surface area contributed by atoms with E-state index in [0.29, 0.717) is 24.5 Å². The van der Waals surface area contributed by atoms with E-state index >= 15 is 0 Å². The van der Waals surface area contributed by atoms with Crippen LogP contribution < -0.4 is 10.1 Å². The molecule has 2 aromatic rings. The van der Waals surface area contributed by atoms with Gasteiger partial charge in [-0.05, 0) is 49.7 Å². The molecular weight excluding hydrogens is 294 g/mol. The van der Waals surface area contributed by atoms with Crippen LogP contribution in [0.4, 0.5) is 4.79 Å². The first-order valence-corrected chi connectivity index (χ1v) is 7.46. The number of hydrogen-bond acceptors (Lipinski definition) is 4.